The van der Waals surface area contributed by atoms with Gasteiger partial charge in [-0.3, -0.25) is 4.79 Å². The molecule has 0 unspecified atom stereocenters. The molecule has 4 nitrogen and oxygen atoms in total. The summed E-state index contributed by atoms with van der Waals surface area (Å²) in [4.78, 5) is 13.5. The number of carbonyl (C=O) groups excluding carboxylic acids is 1. The maximum atomic E-state index is 13.5. The molecule has 25 heavy (non-hydrogen) atoms. The van der Waals surface area contributed by atoms with Crippen molar-refractivity contribution in [3.05, 3.63) is 77.9 Å². The van der Waals surface area contributed by atoms with Crippen molar-refractivity contribution in [2.24, 2.45) is 5.41 Å². The molecule has 0 N–H and O–H groups in total. The van der Waals surface area contributed by atoms with E-state index in [-0.39, 0.29) is 12.4 Å². The smallest absolute Gasteiger partial charge is 0.227 e. The number of ether oxygens (including phenoxy) is 2. The van der Waals surface area contributed by atoms with Crippen molar-refractivity contribution in [2.75, 3.05) is 6.61 Å². The molecule has 124 valence electrons. The molecular weight excluding hydrogens is 314 g/mol. The molecule has 3 atom stereocenters. The highest BCUT2D eigenvalue weighted by Crippen LogP contribution is 2.56. The second-order valence-electron chi connectivity index (χ2n) is 6.55. The standard InChI is InChI=1S/C21H17NO3/c1-3-20(15-7-5-4-6-8-15)13-24-19-21(20,12-22)18(23)16-11-14(2)9-10-17(16)25-19/h3-11,19H,1,13H2,2H3/t19-,20+,21+/m0/s1. The largest absolute Gasteiger partial charge is 0.462 e. The van der Waals surface area contributed by atoms with Crippen LogP contribution in [0.2, 0.25) is 0 Å². The second-order valence-corrected chi connectivity index (χ2v) is 6.55. The van der Waals surface area contributed by atoms with E-state index in [4.69, 9.17) is 9.47 Å². The Hall–Kier alpha value is -2.90. The Balaban J connectivity index is 1.99. The number of nitriles is 1. The van der Waals surface area contributed by atoms with Gasteiger partial charge in [-0.05, 0) is 24.6 Å². The van der Waals surface area contributed by atoms with Crippen molar-refractivity contribution >= 4 is 5.78 Å². The molecule has 2 aliphatic rings. The first-order chi connectivity index (χ1) is 12.1. The third-order valence-electron chi connectivity index (χ3n) is 5.31. The highest BCUT2D eigenvalue weighted by atomic mass is 16.7. The van der Waals surface area contributed by atoms with Gasteiger partial charge in [0, 0.05) is 0 Å². The predicted molar refractivity (Wildman–Crippen MR) is 92.2 cm³/mol. The monoisotopic (exact) mass is 331 g/mol. The van der Waals surface area contributed by atoms with Crippen LogP contribution in [-0.4, -0.2) is 18.7 Å². The summed E-state index contributed by atoms with van der Waals surface area (Å²) >= 11 is 0. The Morgan fingerprint density at radius 3 is 2.72 bits per heavy atom. The van der Waals surface area contributed by atoms with E-state index in [0.717, 1.165) is 11.1 Å². The summed E-state index contributed by atoms with van der Waals surface area (Å²) < 4.78 is 11.8. The zero-order valence-electron chi connectivity index (χ0n) is 13.9. The molecule has 0 aromatic heterocycles. The van der Waals surface area contributed by atoms with Gasteiger partial charge >= 0.3 is 0 Å². The van der Waals surface area contributed by atoms with Gasteiger partial charge in [0.15, 0.2) is 11.2 Å². The van der Waals surface area contributed by atoms with Crippen LogP contribution in [0.4, 0.5) is 0 Å². The minimum Gasteiger partial charge on any atom is -0.462 e. The lowest BCUT2D eigenvalue weighted by molar-refractivity contribution is -0.0777. The predicted octanol–water partition coefficient (Wildman–Crippen LogP) is 3.56. The lowest BCUT2D eigenvalue weighted by Gasteiger charge is -2.41. The van der Waals surface area contributed by atoms with Crippen LogP contribution in [-0.2, 0) is 10.2 Å². The normalized spacial score (nSPS) is 29.9. The average molecular weight is 331 g/mol. The maximum Gasteiger partial charge on any atom is 0.227 e. The lowest BCUT2D eigenvalue weighted by atomic mass is 9.58. The molecular formula is C21H17NO3. The number of nitrogens with zero attached hydrogens (tertiary/aromatic N) is 1. The summed E-state index contributed by atoms with van der Waals surface area (Å²) in [6, 6.07) is 17.1. The van der Waals surface area contributed by atoms with E-state index >= 15 is 0 Å². The molecule has 0 saturated carbocycles. The molecule has 4 rings (SSSR count). The second kappa shape index (κ2) is 5.30. The van der Waals surface area contributed by atoms with Gasteiger partial charge in [0.1, 0.15) is 5.75 Å². The topological polar surface area (TPSA) is 59.3 Å². The van der Waals surface area contributed by atoms with Crippen molar-refractivity contribution in [3.63, 3.8) is 0 Å². The number of Topliss-reactive ketones (excluding diaryl/α,β-unsaturated/α-hetero) is 1. The van der Waals surface area contributed by atoms with Gasteiger partial charge in [0.2, 0.25) is 6.29 Å². The summed E-state index contributed by atoms with van der Waals surface area (Å²) in [5.74, 6) is 0.186. The molecule has 1 fully saturated rings. The summed E-state index contributed by atoms with van der Waals surface area (Å²) in [6.07, 6.45) is 0.701. The zero-order chi connectivity index (χ0) is 17.7. The Morgan fingerprint density at radius 2 is 2.04 bits per heavy atom. The van der Waals surface area contributed by atoms with Crippen LogP contribution in [0.1, 0.15) is 21.5 Å². The third-order valence-corrected chi connectivity index (χ3v) is 5.31. The first-order valence-electron chi connectivity index (χ1n) is 8.13. The molecule has 0 radical (unpaired) electrons. The van der Waals surface area contributed by atoms with E-state index < -0.39 is 17.1 Å². The molecule has 0 amide bonds. The van der Waals surface area contributed by atoms with Gasteiger partial charge in [0.25, 0.3) is 0 Å². The minimum atomic E-state index is -1.50. The number of aryl methyl sites for hydroxylation is 1. The number of fused-ring (bicyclic) bond motifs is 2. The number of rotatable bonds is 2. The average Bonchev–Trinajstić information content (AvgIpc) is 2.99. The first kappa shape index (κ1) is 15.6. The van der Waals surface area contributed by atoms with Crippen LogP contribution < -0.4 is 4.74 Å². The van der Waals surface area contributed by atoms with Crippen LogP contribution in [0, 0.1) is 23.7 Å². The Morgan fingerprint density at radius 1 is 1.28 bits per heavy atom. The molecule has 0 spiro atoms. The number of hydrogen-bond donors (Lipinski definition) is 0. The van der Waals surface area contributed by atoms with Crippen molar-refractivity contribution in [1.29, 1.82) is 5.26 Å². The van der Waals surface area contributed by atoms with E-state index in [1.807, 2.05) is 43.3 Å². The Bertz CT molecular complexity index is 914. The molecule has 4 heteroatoms. The van der Waals surface area contributed by atoms with E-state index in [2.05, 4.69) is 12.6 Å². The molecule has 0 bridgehead atoms. The molecule has 2 heterocycles. The SMILES string of the molecule is C=C[C@]1(c2ccccc2)CO[C@H]2Oc3ccc(C)cc3C(=O)[C@]21C#N. The van der Waals surface area contributed by atoms with Crippen LogP contribution >= 0.6 is 0 Å². The molecule has 0 aliphatic carbocycles. The van der Waals surface area contributed by atoms with Gasteiger partial charge < -0.3 is 9.47 Å². The first-order valence-corrected chi connectivity index (χ1v) is 8.13. The van der Waals surface area contributed by atoms with E-state index in [0.29, 0.717) is 11.3 Å². The zero-order valence-corrected chi connectivity index (χ0v) is 13.9. The minimum absolute atomic E-state index is 0.164. The van der Waals surface area contributed by atoms with Gasteiger partial charge in [-0.1, -0.05) is 48.0 Å². The van der Waals surface area contributed by atoms with Crippen LogP contribution in [0.25, 0.3) is 0 Å². The number of hydrogen-bond acceptors (Lipinski definition) is 4. The van der Waals surface area contributed by atoms with Crippen LogP contribution in [0.3, 0.4) is 0 Å². The van der Waals surface area contributed by atoms with Crippen LogP contribution in [0.5, 0.6) is 5.75 Å². The number of carbonyl (C=O) groups is 1. The molecule has 2 aliphatic heterocycles. The fourth-order valence-corrected chi connectivity index (χ4v) is 3.93. The van der Waals surface area contributed by atoms with Gasteiger partial charge in [-0.25, -0.2) is 0 Å². The Labute approximate surface area is 146 Å². The number of benzene rings is 2. The third kappa shape index (κ3) is 1.82. The number of ketones is 1. The van der Waals surface area contributed by atoms with Crippen molar-refractivity contribution < 1.29 is 14.3 Å². The maximum absolute atomic E-state index is 13.5. The van der Waals surface area contributed by atoms with E-state index in [9.17, 15) is 10.1 Å². The quantitative estimate of drug-likeness (QED) is 0.790. The Kier molecular flexibility index (Phi) is 3.31. The van der Waals surface area contributed by atoms with Crippen molar-refractivity contribution in [1.82, 2.24) is 0 Å². The summed E-state index contributed by atoms with van der Waals surface area (Å²) in [7, 11) is 0. The molecule has 1 saturated heterocycles. The molecule has 2 aromatic carbocycles. The lowest BCUT2D eigenvalue weighted by Crippen LogP contribution is -2.55. The van der Waals surface area contributed by atoms with Crippen molar-refractivity contribution in [3.8, 4) is 11.8 Å². The summed E-state index contributed by atoms with van der Waals surface area (Å²) in [5, 5.41) is 10.2. The highest BCUT2D eigenvalue weighted by molar-refractivity contribution is 6.07. The van der Waals surface area contributed by atoms with Gasteiger partial charge in [-0.15, -0.1) is 6.58 Å². The van der Waals surface area contributed by atoms with Gasteiger partial charge in [0.05, 0.1) is 23.7 Å². The fraction of sp³-hybridized carbons (Fsp3) is 0.238. The summed E-state index contributed by atoms with van der Waals surface area (Å²) in [5.41, 5.74) is -0.291. The highest BCUT2D eigenvalue weighted by Gasteiger charge is 2.69. The fourth-order valence-electron chi connectivity index (χ4n) is 3.93. The van der Waals surface area contributed by atoms with E-state index in [1.165, 1.54) is 0 Å². The van der Waals surface area contributed by atoms with Crippen LogP contribution in [0.15, 0.2) is 61.2 Å². The summed E-state index contributed by atoms with van der Waals surface area (Å²) in [6.45, 7) is 6.01. The molecule has 2 aromatic rings. The van der Waals surface area contributed by atoms with Crippen molar-refractivity contribution in [2.45, 2.75) is 18.6 Å². The van der Waals surface area contributed by atoms with Gasteiger partial charge in [-0.2, -0.15) is 5.26 Å². The van der Waals surface area contributed by atoms with E-state index in [1.54, 1.807) is 18.2 Å².